The predicted octanol–water partition coefficient (Wildman–Crippen LogP) is 25.9. The molecular weight excluding hydrogens is 1150 g/mol. The van der Waals surface area contributed by atoms with Gasteiger partial charge in [0.05, 0.1) is 0 Å². The quantitative estimate of drug-likeness (QED) is 0.111. The minimum atomic E-state index is -0.241. The van der Waals surface area contributed by atoms with E-state index >= 15 is 0 Å². The van der Waals surface area contributed by atoms with Crippen molar-refractivity contribution in [1.82, 2.24) is 0 Å². The van der Waals surface area contributed by atoms with Gasteiger partial charge in [-0.05, 0) is 249 Å². The largest absolute Gasteiger partial charge is 0.310 e. The van der Waals surface area contributed by atoms with E-state index in [1.54, 1.807) is 6.08 Å². The number of rotatable bonds is 8. The van der Waals surface area contributed by atoms with Crippen molar-refractivity contribution in [3.63, 3.8) is 0 Å². The van der Waals surface area contributed by atoms with Crippen molar-refractivity contribution in [3.05, 3.63) is 329 Å². The van der Waals surface area contributed by atoms with Gasteiger partial charge in [0, 0.05) is 50.4 Å². The van der Waals surface area contributed by atoms with Crippen LogP contribution in [0.15, 0.2) is 274 Å². The van der Waals surface area contributed by atoms with E-state index in [0.717, 1.165) is 53.4 Å². The molecule has 0 N–H and O–H groups in total. The number of fused-ring (bicyclic) bond motifs is 16. The Bertz CT molecular complexity index is 5450. The lowest BCUT2D eigenvalue weighted by Gasteiger charge is -2.30. The summed E-state index contributed by atoms with van der Waals surface area (Å²) in [6.45, 7) is 19.8. The van der Waals surface area contributed by atoms with Gasteiger partial charge in [-0.3, -0.25) is 0 Å². The summed E-state index contributed by atoms with van der Waals surface area (Å²) in [6.07, 6.45) is 18.7. The van der Waals surface area contributed by atoms with E-state index in [2.05, 4.69) is 337 Å². The van der Waals surface area contributed by atoms with E-state index < -0.39 is 0 Å². The van der Waals surface area contributed by atoms with Crippen LogP contribution in [0.5, 0.6) is 0 Å². The summed E-state index contributed by atoms with van der Waals surface area (Å²) >= 11 is 0. The lowest BCUT2D eigenvalue weighted by molar-refractivity contribution is 0.659. The minimum Gasteiger partial charge on any atom is -0.310 e. The van der Waals surface area contributed by atoms with Crippen LogP contribution in [0.2, 0.25) is 0 Å². The zero-order valence-corrected chi connectivity index (χ0v) is 55.4. The topological polar surface area (TPSA) is 6.48 Å². The first-order valence-electron chi connectivity index (χ1n) is 34.0. The summed E-state index contributed by atoms with van der Waals surface area (Å²) in [6, 6.07) is 93.2. The molecule has 0 amide bonds. The molecule has 0 heterocycles. The average molecular weight is 1220 g/mol. The highest BCUT2D eigenvalue weighted by Gasteiger charge is 2.41. The van der Waals surface area contributed by atoms with Crippen LogP contribution in [0.1, 0.15) is 117 Å². The van der Waals surface area contributed by atoms with Crippen LogP contribution in [-0.2, 0) is 22.7 Å². The Morgan fingerprint density at radius 1 is 0.347 bits per heavy atom. The molecule has 0 spiro atoms. The van der Waals surface area contributed by atoms with Gasteiger partial charge in [-0.15, -0.1) is 6.58 Å². The fraction of sp³-hybridized carbons (Fsp3) is 0.140. The van der Waals surface area contributed by atoms with Crippen LogP contribution < -0.4 is 9.80 Å². The number of hydrogen-bond acceptors (Lipinski definition) is 2. The summed E-state index contributed by atoms with van der Waals surface area (Å²) in [5.41, 5.74) is 32.4. The molecule has 5 aliphatic carbocycles. The average Bonchev–Trinajstić information content (AvgIpc) is 1.69. The maximum atomic E-state index is 3.36. The van der Waals surface area contributed by atoms with Crippen molar-refractivity contribution in [1.29, 1.82) is 0 Å². The smallest absolute Gasteiger partial charge is 0.0468 e. The van der Waals surface area contributed by atoms with Crippen molar-refractivity contribution in [3.8, 4) is 55.6 Å². The monoisotopic (exact) mass is 1220 g/mol. The fourth-order valence-corrected chi connectivity index (χ4v) is 17.2. The van der Waals surface area contributed by atoms with Crippen molar-refractivity contribution >= 4 is 84.7 Å². The predicted molar refractivity (Wildman–Crippen MR) is 408 cm³/mol. The van der Waals surface area contributed by atoms with Gasteiger partial charge in [0.1, 0.15) is 0 Å². The van der Waals surface area contributed by atoms with Gasteiger partial charge < -0.3 is 9.80 Å². The molecule has 13 aromatic rings. The van der Waals surface area contributed by atoms with E-state index in [-0.39, 0.29) is 16.2 Å². The second-order valence-electron chi connectivity index (χ2n) is 28.2. The zero-order valence-electron chi connectivity index (χ0n) is 55.4. The van der Waals surface area contributed by atoms with Gasteiger partial charge in [-0.25, -0.2) is 0 Å². The lowest BCUT2D eigenvalue weighted by Crippen LogP contribution is -2.18. The maximum Gasteiger partial charge on any atom is 0.0468 e. The highest BCUT2D eigenvalue weighted by molar-refractivity contribution is 6.23. The van der Waals surface area contributed by atoms with Gasteiger partial charge >= 0.3 is 0 Å². The first-order valence-corrected chi connectivity index (χ1v) is 34.0. The Labute approximate surface area is 559 Å². The number of nitrogens with zero attached hydrogens (tertiary/aromatic N) is 2. The van der Waals surface area contributed by atoms with Gasteiger partial charge in [-0.1, -0.05) is 248 Å². The molecule has 0 aromatic heterocycles. The Hall–Kier alpha value is -10.8. The van der Waals surface area contributed by atoms with Crippen LogP contribution in [0, 0.1) is 0 Å². The number of hydrogen-bond donors (Lipinski definition) is 0. The number of aryl methyl sites for hydroxylation is 1. The molecule has 2 nitrogen and oxygen atoms in total. The molecule has 0 bridgehead atoms. The van der Waals surface area contributed by atoms with Gasteiger partial charge in [0.2, 0.25) is 0 Å². The molecule has 18 rings (SSSR count). The molecule has 0 atom stereocenters. The van der Waals surface area contributed by atoms with Crippen molar-refractivity contribution in [2.75, 3.05) is 9.80 Å². The lowest BCUT2D eigenvalue weighted by atomic mass is 9.79. The second-order valence-corrected chi connectivity index (χ2v) is 28.2. The Morgan fingerprint density at radius 2 is 0.853 bits per heavy atom. The molecule has 5 aliphatic rings. The van der Waals surface area contributed by atoms with Crippen LogP contribution >= 0.6 is 0 Å². The fourth-order valence-electron chi connectivity index (χ4n) is 17.2. The molecule has 0 radical (unpaired) electrons. The second kappa shape index (κ2) is 22.2. The van der Waals surface area contributed by atoms with E-state index in [1.807, 2.05) is 6.92 Å². The third kappa shape index (κ3) is 9.05. The molecule has 95 heavy (non-hydrogen) atoms. The van der Waals surface area contributed by atoms with E-state index in [4.69, 9.17) is 0 Å². The van der Waals surface area contributed by atoms with E-state index in [1.165, 1.54) is 144 Å². The molecule has 0 saturated carbocycles. The summed E-state index contributed by atoms with van der Waals surface area (Å²) in [7, 11) is 0. The Kier molecular flexibility index (Phi) is 13.6. The van der Waals surface area contributed by atoms with Crippen molar-refractivity contribution in [2.45, 2.75) is 84.0 Å². The molecule has 0 aliphatic heterocycles. The normalized spacial score (nSPS) is 14.9. The molecule has 0 fully saturated rings. The first kappa shape index (κ1) is 58.1. The number of anilines is 6. The SMILES string of the molecule is C=CC.CC1(C)c2ccccc2-c2ccc(-c3c4ccc(N(c5ccc6c(c5)C=CCC6)c5ccc6c(c5)C(C)(C)c5c-6ccc6c5C=CCC=C6)cc4c(-c4ccccc4)c4ccc(N(c5ccccc5)c5ccc6c(c5)C(C)(C)c5c-6ccc6ccccc56)cc34)cc21. The molecule has 458 valence electrons. The highest BCUT2D eigenvalue weighted by Crippen LogP contribution is 2.57. The van der Waals surface area contributed by atoms with Gasteiger partial charge in [0.25, 0.3) is 0 Å². The first-order chi connectivity index (χ1) is 46.3. The molecule has 0 saturated heterocycles. The number of benzene rings is 13. The highest BCUT2D eigenvalue weighted by atomic mass is 15.1. The Morgan fingerprint density at radius 3 is 1.58 bits per heavy atom. The third-order valence-electron chi connectivity index (χ3n) is 21.6. The third-order valence-corrected chi connectivity index (χ3v) is 21.6. The summed E-state index contributed by atoms with van der Waals surface area (Å²) in [5, 5.41) is 7.44. The molecule has 2 heteroatoms. The van der Waals surface area contributed by atoms with Crippen LogP contribution in [0.3, 0.4) is 0 Å². The van der Waals surface area contributed by atoms with Gasteiger partial charge in [0.15, 0.2) is 0 Å². The summed E-state index contributed by atoms with van der Waals surface area (Å²) in [5.74, 6) is 0. The molecular formula is C93H76N2. The van der Waals surface area contributed by atoms with E-state index in [9.17, 15) is 0 Å². The van der Waals surface area contributed by atoms with Crippen LogP contribution in [0.4, 0.5) is 34.1 Å². The Balaban J connectivity index is 0.00000224. The van der Waals surface area contributed by atoms with Crippen molar-refractivity contribution in [2.24, 2.45) is 0 Å². The zero-order chi connectivity index (χ0) is 64.5. The van der Waals surface area contributed by atoms with Crippen LogP contribution in [0.25, 0.3) is 106 Å². The van der Waals surface area contributed by atoms with Crippen molar-refractivity contribution < 1.29 is 0 Å². The summed E-state index contributed by atoms with van der Waals surface area (Å²) < 4.78 is 0. The van der Waals surface area contributed by atoms with Gasteiger partial charge in [-0.2, -0.15) is 0 Å². The molecule has 13 aromatic carbocycles. The summed E-state index contributed by atoms with van der Waals surface area (Å²) in [4.78, 5) is 5.03. The standard InChI is InChI=1S/C90H70N2.C3H6/c1-88(2)80-33-21-20-32-70(80)71-43-37-61(51-81(71)88)85-75-49-42-65(92(63-38-34-56-22-16-17-27-60(56)50-63)67-40-47-73-76-44-35-57-23-10-8-15-30-68(57)86(76)90(5,6)83(73)55-67)53-78(75)84(59-25-11-7-12-26-59)74-48-41-64(52-79(74)85)91(62-28-13-9-14-29-62)66-39-46-72-77-45-36-58-24-18-19-31-69(58)87(77)89(3,4)82(72)54-66;1-3-2/h7,9-15,17-21,23-55H,8,16,22H2,1-6H3;3H,1H2,2H3. The maximum absolute atomic E-state index is 3.36. The minimum absolute atomic E-state index is 0.198. The number of para-hydroxylation sites is 1. The number of allylic oxidation sites excluding steroid dienone is 4. The van der Waals surface area contributed by atoms with Crippen LogP contribution in [-0.4, -0.2) is 0 Å². The molecule has 0 unspecified atom stereocenters. The van der Waals surface area contributed by atoms with E-state index in [0.29, 0.717) is 0 Å².